The molecular weight excluding hydrogens is 264 g/mol. The van der Waals surface area contributed by atoms with Gasteiger partial charge in [0.25, 0.3) is 0 Å². The van der Waals surface area contributed by atoms with E-state index in [-0.39, 0.29) is 11.8 Å². The minimum absolute atomic E-state index is 0.0356. The van der Waals surface area contributed by atoms with Gasteiger partial charge in [-0.05, 0) is 37.7 Å². The van der Waals surface area contributed by atoms with Gasteiger partial charge in [-0.15, -0.1) is 0 Å². The predicted octanol–water partition coefficient (Wildman–Crippen LogP) is 2.37. The molecule has 0 aliphatic rings. The summed E-state index contributed by atoms with van der Waals surface area (Å²) in [6, 6.07) is 11.0. The lowest BCUT2D eigenvalue weighted by Gasteiger charge is -2.21. The lowest BCUT2D eigenvalue weighted by molar-refractivity contribution is -0.116. The average molecular weight is 284 g/mol. The number of hydrogen-bond donors (Lipinski definition) is 1. The highest BCUT2D eigenvalue weighted by Crippen LogP contribution is 2.09. The largest absolute Gasteiger partial charge is 0.326 e. The zero-order valence-electron chi connectivity index (χ0n) is 12.5. The van der Waals surface area contributed by atoms with Crippen molar-refractivity contribution in [3.05, 3.63) is 29.8 Å². The molecule has 1 atom stereocenters. The molecule has 0 aromatic heterocycles. The van der Waals surface area contributed by atoms with Gasteiger partial charge in [0.2, 0.25) is 5.91 Å². The van der Waals surface area contributed by atoms with Crippen LogP contribution in [0.1, 0.15) is 25.8 Å². The van der Waals surface area contributed by atoms with Gasteiger partial charge >= 0.3 is 0 Å². The Labute approximate surface area is 125 Å². The van der Waals surface area contributed by atoms with Crippen molar-refractivity contribution in [3.8, 4) is 12.1 Å². The van der Waals surface area contributed by atoms with Crippen molar-refractivity contribution >= 4 is 11.6 Å². The standard InChI is InChI=1S/C16H20N4O/c1-3-20(12-13(2)10-17)9-8-16(21)19-15-6-4-14(11-18)5-7-15/h4-7,13H,3,8-9,12H2,1-2H3,(H,19,21). The molecule has 0 spiro atoms. The molecular formula is C16H20N4O. The normalized spacial score (nSPS) is 11.5. The molecule has 0 aliphatic heterocycles. The van der Waals surface area contributed by atoms with Gasteiger partial charge < -0.3 is 10.2 Å². The summed E-state index contributed by atoms with van der Waals surface area (Å²) in [6.07, 6.45) is 0.381. The van der Waals surface area contributed by atoms with Crippen LogP contribution in [0.3, 0.4) is 0 Å². The molecule has 5 heteroatoms. The van der Waals surface area contributed by atoms with E-state index in [4.69, 9.17) is 10.5 Å². The van der Waals surface area contributed by atoms with Crippen LogP contribution in [0.5, 0.6) is 0 Å². The third-order valence-corrected chi connectivity index (χ3v) is 3.15. The number of carbonyl (C=O) groups excluding carboxylic acids is 1. The maximum atomic E-state index is 11.9. The lowest BCUT2D eigenvalue weighted by atomic mass is 10.2. The predicted molar refractivity (Wildman–Crippen MR) is 81.3 cm³/mol. The first-order valence-corrected chi connectivity index (χ1v) is 7.01. The number of nitrogens with one attached hydrogen (secondary N) is 1. The number of nitrogens with zero attached hydrogens (tertiary/aromatic N) is 3. The molecule has 1 aromatic rings. The zero-order valence-corrected chi connectivity index (χ0v) is 12.5. The van der Waals surface area contributed by atoms with Gasteiger partial charge in [-0.3, -0.25) is 4.79 Å². The summed E-state index contributed by atoms with van der Waals surface area (Å²) in [5, 5.41) is 20.3. The summed E-state index contributed by atoms with van der Waals surface area (Å²) in [5.74, 6) is -0.102. The molecule has 1 unspecified atom stereocenters. The van der Waals surface area contributed by atoms with Crippen molar-refractivity contribution in [2.24, 2.45) is 5.92 Å². The average Bonchev–Trinajstić information content (AvgIpc) is 2.51. The molecule has 21 heavy (non-hydrogen) atoms. The number of nitriles is 2. The van der Waals surface area contributed by atoms with Crippen LogP contribution in [-0.4, -0.2) is 30.4 Å². The maximum absolute atomic E-state index is 11.9. The van der Waals surface area contributed by atoms with Gasteiger partial charge in [0.05, 0.1) is 23.6 Å². The number of amides is 1. The molecule has 110 valence electrons. The molecule has 1 N–H and O–H groups in total. The van der Waals surface area contributed by atoms with E-state index in [1.165, 1.54) is 0 Å². The van der Waals surface area contributed by atoms with Crippen LogP contribution in [0, 0.1) is 28.6 Å². The Morgan fingerprint density at radius 2 is 2.00 bits per heavy atom. The summed E-state index contributed by atoms with van der Waals surface area (Å²) in [6.45, 7) is 6.01. The lowest BCUT2D eigenvalue weighted by Crippen LogP contribution is -2.31. The Balaban J connectivity index is 2.42. The Morgan fingerprint density at radius 1 is 1.33 bits per heavy atom. The van der Waals surface area contributed by atoms with Gasteiger partial charge in [-0.25, -0.2) is 0 Å². The Hall–Kier alpha value is -2.37. The van der Waals surface area contributed by atoms with Crippen LogP contribution in [-0.2, 0) is 4.79 Å². The third kappa shape index (κ3) is 6.07. The highest BCUT2D eigenvalue weighted by Gasteiger charge is 2.10. The molecule has 0 bridgehead atoms. The van der Waals surface area contributed by atoms with E-state index >= 15 is 0 Å². The van der Waals surface area contributed by atoms with E-state index in [0.29, 0.717) is 30.8 Å². The van der Waals surface area contributed by atoms with Gasteiger partial charge in [-0.1, -0.05) is 6.92 Å². The fourth-order valence-electron chi connectivity index (χ4n) is 1.92. The van der Waals surface area contributed by atoms with Crippen LogP contribution in [0.4, 0.5) is 5.69 Å². The second-order valence-corrected chi connectivity index (χ2v) is 4.91. The molecule has 0 fully saturated rings. The third-order valence-electron chi connectivity index (χ3n) is 3.15. The summed E-state index contributed by atoms with van der Waals surface area (Å²) < 4.78 is 0. The van der Waals surface area contributed by atoms with Gasteiger partial charge in [0.15, 0.2) is 0 Å². The molecule has 0 saturated heterocycles. The Bertz CT molecular complexity index is 539. The summed E-state index contributed by atoms with van der Waals surface area (Å²) in [7, 11) is 0. The van der Waals surface area contributed by atoms with Gasteiger partial charge in [0, 0.05) is 25.2 Å². The number of anilines is 1. The molecule has 1 amide bonds. The van der Waals surface area contributed by atoms with E-state index in [2.05, 4.69) is 16.3 Å². The monoisotopic (exact) mass is 284 g/mol. The highest BCUT2D eigenvalue weighted by molar-refractivity contribution is 5.90. The van der Waals surface area contributed by atoms with Crippen LogP contribution >= 0.6 is 0 Å². The van der Waals surface area contributed by atoms with Crippen LogP contribution in [0.15, 0.2) is 24.3 Å². The molecule has 0 radical (unpaired) electrons. The second kappa shape index (κ2) is 8.73. The van der Waals surface area contributed by atoms with Crippen molar-refractivity contribution in [1.29, 1.82) is 10.5 Å². The topological polar surface area (TPSA) is 79.9 Å². The number of rotatable bonds is 7. The fourth-order valence-corrected chi connectivity index (χ4v) is 1.92. The molecule has 1 aromatic carbocycles. The van der Waals surface area contributed by atoms with Crippen LogP contribution < -0.4 is 5.32 Å². The zero-order chi connectivity index (χ0) is 15.7. The van der Waals surface area contributed by atoms with Crippen molar-refractivity contribution in [3.63, 3.8) is 0 Å². The maximum Gasteiger partial charge on any atom is 0.225 e. The first-order chi connectivity index (χ1) is 10.1. The molecule has 0 saturated carbocycles. The first kappa shape index (κ1) is 16.7. The highest BCUT2D eigenvalue weighted by atomic mass is 16.1. The Morgan fingerprint density at radius 3 is 2.52 bits per heavy atom. The smallest absolute Gasteiger partial charge is 0.225 e. The minimum atomic E-state index is -0.0669. The number of hydrogen-bond acceptors (Lipinski definition) is 4. The van der Waals surface area contributed by atoms with Crippen LogP contribution in [0.25, 0.3) is 0 Å². The molecule has 5 nitrogen and oxygen atoms in total. The molecule has 0 aliphatic carbocycles. The van der Waals surface area contributed by atoms with Crippen molar-refractivity contribution in [1.82, 2.24) is 4.90 Å². The van der Waals surface area contributed by atoms with Crippen molar-refractivity contribution in [2.45, 2.75) is 20.3 Å². The van der Waals surface area contributed by atoms with Gasteiger partial charge in [-0.2, -0.15) is 10.5 Å². The quantitative estimate of drug-likeness (QED) is 0.833. The molecule has 1 rings (SSSR count). The number of benzene rings is 1. The Kier molecular flexibility index (Phi) is 6.94. The minimum Gasteiger partial charge on any atom is -0.326 e. The van der Waals surface area contributed by atoms with Crippen molar-refractivity contribution < 1.29 is 4.79 Å². The van der Waals surface area contributed by atoms with Crippen molar-refractivity contribution in [2.75, 3.05) is 25.0 Å². The number of carbonyl (C=O) groups is 1. The second-order valence-electron chi connectivity index (χ2n) is 4.91. The van der Waals surface area contributed by atoms with E-state index < -0.39 is 0 Å². The van der Waals surface area contributed by atoms with E-state index in [9.17, 15) is 4.79 Å². The van der Waals surface area contributed by atoms with E-state index in [1.807, 2.05) is 19.9 Å². The summed E-state index contributed by atoms with van der Waals surface area (Å²) >= 11 is 0. The van der Waals surface area contributed by atoms with E-state index in [1.54, 1.807) is 24.3 Å². The first-order valence-electron chi connectivity index (χ1n) is 7.01. The van der Waals surface area contributed by atoms with Gasteiger partial charge in [0.1, 0.15) is 0 Å². The molecule has 0 heterocycles. The van der Waals surface area contributed by atoms with Crippen LogP contribution in [0.2, 0.25) is 0 Å². The fraction of sp³-hybridized carbons (Fsp3) is 0.438. The summed E-state index contributed by atoms with van der Waals surface area (Å²) in [5.41, 5.74) is 1.25. The summed E-state index contributed by atoms with van der Waals surface area (Å²) in [4.78, 5) is 14.0. The SMILES string of the molecule is CCN(CCC(=O)Nc1ccc(C#N)cc1)CC(C)C#N. The van der Waals surface area contributed by atoms with E-state index in [0.717, 1.165) is 6.54 Å².